The van der Waals surface area contributed by atoms with E-state index in [0.29, 0.717) is 17.5 Å². The summed E-state index contributed by atoms with van der Waals surface area (Å²) >= 11 is 0. The Balaban J connectivity index is 2.10. The van der Waals surface area contributed by atoms with Gasteiger partial charge in [-0.2, -0.15) is 0 Å². The molecule has 0 aromatic heterocycles. The lowest BCUT2D eigenvalue weighted by Gasteiger charge is -2.32. The molecule has 0 bridgehead atoms. The van der Waals surface area contributed by atoms with Crippen LogP contribution in [0.1, 0.15) is 27.9 Å². The predicted octanol–water partition coefficient (Wildman–Crippen LogP) is 2.70. The third kappa shape index (κ3) is 1.57. The summed E-state index contributed by atoms with van der Waals surface area (Å²) in [6, 6.07) is 16.7. The van der Waals surface area contributed by atoms with Gasteiger partial charge in [-0.3, -0.25) is 4.79 Å². The minimum Gasteiger partial charge on any atom is -0.377 e. The fraction of sp³-hybridized carbons (Fsp3) is 0.188. The smallest absolute Gasteiger partial charge is 0.199 e. The molecule has 0 aliphatic heterocycles. The van der Waals surface area contributed by atoms with E-state index in [1.165, 1.54) is 0 Å². The summed E-state index contributed by atoms with van der Waals surface area (Å²) in [4.78, 5) is 12.5. The van der Waals surface area contributed by atoms with E-state index < -0.39 is 5.60 Å². The highest BCUT2D eigenvalue weighted by molar-refractivity contribution is 6.05. The second-order valence-electron chi connectivity index (χ2n) is 4.71. The molecule has 2 aromatic rings. The molecule has 18 heavy (non-hydrogen) atoms. The van der Waals surface area contributed by atoms with Crippen molar-refractivity contribution >= 4 is 5.78 Å². The van der Waals surface area contributed by atoms with Crippen LogP contribution in [0, 0.1) is 0 Å². The van der Waals surface area contributed by atoms with Crippen molar-refractivity contribution in [3.63, 3.8) is 0 Å². The van der Waals surface area contributed by atoms with E-state index in [-0.39, 0.29) is 5.78 Å². The molecule has 0 heterocycles. The van der Waals surface area contributed by atoms with E-state index in [2.05, 4.69) is 0 Å². The van der Waals surface area contributed by atoms with Crippen LogP contribution in [0.4, 0.5) is 0 Å². The number of Topliss-reactive ketones (excluding diaryl/α,β-unsaturated/α-hetero) is 1. The monoisotopic (exact) mass is 238 g/mol. The van der Waals surface area contributed by atoms with Gasteiger partial charge in [-0.15, -0.1) is 0 Å². The van der Waals surface area contributed by atoms with Crippen LogP contribution in [0.25, 0.3) is 0 Å². The third-order valence-corrected chi connectivity index (χ3v) is 3.65. The lowest BCUT2D eigenvalue weighted by atomic mass is 9.75. The average molecular weight is 238 g/mol. The summed E-state index contributed by atoms with van der Waals surface area (Å²) in [7, 11) is 0. The highest BCUT2D eigenvalue weighted by Crippen LogP contribution is 2.36. The van der Waals surface area contributed by atoms with Crippen LogP contribution in [-0.2, 0) is 12.0 Å². The normalized spacial score (nSPS) is 22.6. The number of hydrogen-bond donors (Lipinski definition) is 1. The Morgan fingerprint density at radius 1 is 0.944 bits per heavy atom. The van der Waals surface area contributed by atoms with Crippen molar-refractivity contribution < 1.29 is 9.90 Å². The van der Waals surface area contributed by atoms with E-state index in [1.54, 1.807) is 6.07 Å². The van der Waals surface area contributed by atoms with Gasteiger partial charge < -0.3 is 5.11 Å². The molecule has 0 unspecified atom stereocenters. The maximum Gasteiger partial charge on any atom is 0.199 e. The van der Waals surface area contributed by atoms with Gasteiger partial charge in [0.25, 0.3) is 0 Å². The summed E-state index contributed by atoms with van der Waals surface area (Å²) in [5.74, 6) is -0.185. The van der Waals surface area contributed by atoms with Gasteiger partial charge >= 0.3 is 0 Å². The van der Waals surface area contributed by atoms with Crippen molar-refractivity contribution in [2.45, 2.75) is 18.4 Å². The van der Waals surface area contributed by atoms with E-state index in [1.807, 2.05) is 48.5 Å². The van der Waals surface area contributed by atoms with Crippen molar-refractivity contribution in [3.8, 4) is 0 Å². The molecule has 2 nitrogen and oxygen atoms in total. The second kappa shape index (κ2) is 4.07. The highest BCUT2D eigenvalue weighted by Gasteiger charge is 2.41. The molecule has 0 amide bonds. The van der Waals surface area contributed by atoms with Crippen LogP contribution < -0.4 is 0 Å². The first-order valence-corrected chi connectivity index (χ1v) is 6.12. The fourth-order valence-corrected chi connectivity index (χ4v) is 2.60. The molecule has 1 aliphatic rings. The molecule has 1 atom stereocenters. The number of carbonyl (C=O) groups excluding carboxylic acids is 1. The summed E-state index contributed by atoms with van der Waals surface area (Å²) in [6.45, 7) is 0. The number of hydrogen-bond acceptors (Lipinski definition) is 2. The second-order valence-corrected chi connectivity index (χ2v) is 4.71. The Morgan fingerprint density at radius 3 is 2.39 bits per heavy atom. The molecular formula is C16H14O2. The SMILES string of the molecule is O=C1c2ccccc2CC[C@@]1(O)c1ccccc1. The molecule has 0 radical (unpaired) electrons. The summed E-state index contributed by atoms with van der Waals surface area (Å²) in [6.07, 6.45) is 1.18. The number of aliphatic hydroxyl groups is 1. The summed E-state index contributed by atoms with van der Waals surface area (Å²) < 4.78 is 0. The van der Waals surface area contributed by atoms with Crippen LogP contribution in [0.2, 0.25) is 0 Å². The topological polar surface area (TPSA) is 37.3 Å². The van der Waals surface area contributed by atoms with Gasteiger partial charge in [0.05, 0.1) is 0 Å². The van der Waals surface area contributed by atoms with Gasteiger partial charge in [-0.05, 0) is 24.0 Å². The molecule has 1 N–H and O–H groups in total. The molecule has 3 rings (SSSR count). The van der Waals surface area contributed by atoms with Crippen molar-refractivity contribution in [3.05, 3.63) is 71.3 Å². The highest BCUT2D eigenvalue weighted by atomic mass is 16.3. The number of rotatable bonds is 1. The van der Waals surface area contributed by atoms with Crippen molar-refractivity contribution in [2.24, 2.45) is 0 Å². The zero-order valence-electron chi connectivity index (χ0n) is 9.97. The van der Waals surface area contributed by atoms with Gasteiger partial charge in [0.15, 0.2) is 11.4 Å². The maximum atomic E-state index is 12.5. The van der Waals surface area contributed by atoms with Crippen LogP contribution in [-0.4, -0.2) is 10.9 Å². The van der Waals surface area contributed by atoms with Gasteiger partial charge in [-0.25, -0.2) is 0 Å². The Morgan fingerprint density at radius 2 is 1.61 bits per heavy atom. The van der Waals surface area contributed by atoms with Crippen LogP contribution in [0.3, 0.4) is 0 Å². The molecule has 0 fully saturated rings. The van der Waals surface area contributed by atoms with Crippen LogP contribution >= 0.6 is 0 Å². The molecular weight excluding hydrogens is 224 g/mol. The first-order chi connectivity index (χ1) is 8.72. The van der Waals surface area contributed by atoms with Crippen molar-refractivity contribution in [1.29, 1.82) is 0 Å². The molecule has 0 saturated carbocycles. The number of ketones is 1. The quantitative estimate of drug-likeness (QED) is 0.829. The van der Waals surface area contributed by atoms with Crippen molar-refractivity contribution in [1.82, 2.24) is 0 Å². The first-order valence-electron chi connectivity index (χ1n) is 6.12. The summed E-state index contributed by atoms with van der Waals surface area (Å²) in [5.41, 5.74) is 0.998. The van der Waals surface area contributed by atoms with Crippen molar-refractivity contribution in [2.75, 3.05) is 0 Å². The van der Waals surface area contributed by atoms with E-state index in [0.717, 1.165) is 12.0 Å². The predicted molar refractivity (Wildman–Crippen MR) is 69.4 cm³/mol. The molecule has 2 aromatic carbocycles. The minimum atomic E-state index is -1.37. The third-order valence-electron chi connectivity index (χ3n) is 3.65. The molecule has 90 valence electrons. The largest absolute Gasteiger partial charge is 0.377 e. The Bertz CT molecular complexity index is 589. The lowest BCUT2D eigenvalue weighted by Crippen LogP contribution is -2.39. The van der Waals surface area contributed by atoms with Crippen LogP contribution in [0.15, 0.2) is 54.6 Å². The fourth-order valence-electron chi connectivity index (χ4n) is 2.60. The number of benzene rings is 2. The minimum absolute atomic E-state index is 0.185. The molecule has 1 aliphatic carbocycles. The Kier molecular flexibility index (Phi) is 2.53. The molecule has 0 saturated heterocycles. The first kappa shape index (κ1) is 11.2. The molecule has 0 spiro atoms. The van der Waals surface area contributed by atoms with Gasteiger partial charge in [0.2, 0.25) is 0 Å². The number of carbonyl (C=O) groups is 1. The van der Waals surface area contributed by atoms with Crippen LogP contribution in [0.5, 0.6) is 0 Å². The van der Waals surface area contributed by atoms with Gasteiger partial charge in [0, 0.05) is 5.56 Å². The summed E-state index contributed by atoms with van der Waals surface area (Å²) in [5, 5.41) is 10.7. The van der Waals surface area contributed by atoms with E-state index in [4.69, 9.17) is 0 Å². The standard InChI is InChI=1S/C16H14O2/c17-15-14-9-5-4-6-12(14)10-11-16(15,18)13-7-2-1-3-8-13/h1-9,18H,10-11H2/t16-/m1/s1. The number of aryl methyl sites for hydroxylation is 1. The average Bonchev–Trinajstić information content (AvgIpc) is 2.44. The Hall–Kier alpha value is -1.93. The zero-order valence-corrected chi connectivity index (χ0v) is 9.97. The van der Waals surface area contributed by atoms with E-state index >= 15 is 0 Å². The Labute approximate surface area is 106 Å². The molecule has 2 heteroatoms. The lowest BCUT2D eigenvalue weighted by molar-refractivity contribution is 0.0222. The van der Waals surface area contributed by atoms with E-state index in [9.17, 15) is 9.90 Å². The van der Waals surface area contributed by atoms with Gasteiger partial charge in [-0.1, -0.05) is 54.6 Å². The van der Waals surface area contributed by atoms with Gasteiger partial charge in [0.1, 0.15) is 0 Å². The zero-order chi connectivity index (χ0) is 12.6. The maximum absolute atomic E-state index is 12.5. The number of fused-ring (bicyclic) bond motifs is 1.